The van der Waals surface area contributed by atoms with Gasteiger partial charge in [0.2, 0.25) is 0 Å². The first kappa shape index (κ1) is 12.8. The van der Waals surface area contributed by atoms with Crippen LogP contribution in [0.25, 0.3) is 0 Å². The van der Waals surface area contributed by atoms with Crippen LogP contribution in [0, 0.1) is 0 Å². The van der Waals surface area contributed by atoms with Crippen molar-refractivity contribution in [3.8, 4) is 0 Å². The minimum absolute atomic E-state index is 0.0709. The maximum atomic E-state index is 10.3. The standard InChI is InChI=1S/C9H8Br2ClNO2/c10-6-3-5(12)4-7(11)9(6)13-2-1-8(14)15/h3-4,13H,1-2H2,(H,14,15). The number of aliphatic carboxylic acids is 1. The van der Waals surface area contributed by atoms with Crippen molar-refractivity contribution in [2.24, 2.45) is 0 Å². The van der Waals surface area contributed by atoms with Gasteiger partial charge in [0.25, 0.3) is 0 Å². The summed E-state index contributed by atoms with van der Waals surface area (Å²) in [4.78, 5) is 10.3. The Morgan fingerprint density at radius 2 is 1.93 bits per heavy atom. The summed E-state index contributed by atoms with van der Waals surface area (Å²) < 4.78 is 1.60. The Bertz CT molecular complexity index is 361. The van der Waals surface area contributed by atoms with Crippen LogP contribution in [0.15, 0.2) is 21.1 Å². The highest BCUT2D eigenvalue weighted by atomic mass is 79.9. The van der Waals surface area contributed by atoms with Crippen LogP contribution in [-0.4, -0.2) is 17.6 Å². The van der Waals surface area contributed by atoms with E-state index in [1.54, 1.807) is 12.1 Å². The number of benzene rings is 1. The zero-order valence-corrected chi connectivity index (χ0v) is 11.5. The van der Waals surface area contributed by atoms with Crippen molar-refractivity contribution in [1.29, 1.82) is 0 Å². The minimum atomic E-state index is -0.830. The molecule has 0 bridgehead atoms. The molecular formula is C9H8Br2ClNO2. The van der Waals surface area contributed by atoms with E-state index >= 15 is 0 Å². The third-order valence-corrected chi connectivity index (χ3v) is 3.12. The maximum Gasteiger partial charge on any atom is 0.305 e. The van der Waals surface area contributed by atoms with Gasteiger partial charge in [-0.3, -0.25) is 4.79 Å². The molecule has 0 aliphatic carbocycles. The fraction of sp³-hybridized carbons (Fsp3) is 0.222. The number of hydrogen-bond acceptors (Lipinski definition) is 2. The van der Waals surface area contributed by atoms with E-state index < -0.39 is 5.97 Å². The molecular weight excluding hydrogens is 349 g/mol. The molecule has 3 nitrogen and oxygen atoms in total. The van der Waals surface area contributed by atoms with Gasteiger partial charge < -0.3 is 10.4 Å². The fourth-order valence-electron chi connectivity index (χ4n) is 1.01. The van der Waals surface area contributed by atoms with Crippen molar-refractivity contribution in [3.63, 3.8) is 0 Å². The monoisotopic (exact) mass is 355 g/mol. The molecule has 82 valence electrons. The number of carboxylic acids is 1. The first-order chi connectivity index (χ1) is 7.00. The number of nitrogens with one attached hydrogen (secondary N) is 1. The molecule has 0 aromatic heterocycles. The van der Waals surface area contributed by atoms with Gasteiger partial charge in [-0.05, 0) is 44.0 Å². The van der Waals surface area contributed by atoms with Gasteiger partial charge in [0.15, 0.2) is 0 Å². The molecule has 0 aliphatic rings. The molecule has 1 aromatic rings. The predicted molar refractivity (Wildman–Crippen MR) is 67.6 cm³/mol. The molecule has 15 heavy (non-hydrogen) atoms. The molecule has 1 aromatic carbocycles. The van der Waals surface area contributed by atoms with E-state index in [1.165, 1.54) is 0 Å². The SMILES string of the molecule is O=C(O)CCNc1c(Br)cc(Cl)cc1Br. The normalized spacial score (nSPS) is 10.1. The molecule has 0 saturated heterocycles. The van der Waals surface area contributed by atoms with Crippen LogP contribution < -0.4 is 5.32 Å². The van der Waals surface area contributed by atoms with Crippen LogP contribution in [0.3, 0.4) is 0 Å². The first-order valence-electron chi connectivity index (χ1n) is 4.11. The third-order valence-electron chi connectivity index (χ3n) is 1.65. The van der Waals surface area contributed by atoms with Crippen LogP contribution in [0.1, 0.15) is 6.42 Å². The smallest absolute Gasteiger partial charge is 0.305 e. The van der Waals surface area contributed by atoms with E-state index in [-0.39, 0.29) is 6.42 Å². The van der Waals surface area contributed by atoms with E-state index in [4.69, 9.17) is 16.7 Å². The summed E-state index contributed by atoms with van der Waals surface area (Å²) in [6, 6.07) is 3.49. The topological polar surface area (TPSA) is 49.3 Å². The quantitative estimate of drug-likeness (QED) is 0.863. The average molecular weight is 357 g/mol. The number of anilines is 1. The molecule has 0 atom stereocenters. The molecule has 0 unspecified atom stereocenters. The van der Waals surface area contributed by atoms with Crippen LogP contribution >= 0.6 is 43.5 Å². The lowest BCUT2D eigenvalue weighted by molar-refractivity contribution is -0.136. The van der Waals surface area contributed by atoms with Crippen LogP contribution in [-0.2, 0) is 4.79 Å². The lowest BCUT2D eigenvalue weighted by atomic mass is 10.3. The lowest BCUT2D eigenvalue weighted by Crippen LogP contribution is -2.08. The Morgan fingerprint density at radius 3 is 2.40 bits per heavy atom. The highest BCUT2D eigenvalue weighted by molar-refractivity contribution is 9.11. The van der Waals surface area contributed by atoms with Crippen molar-refractivity contribution in [2.75, 3.05) is 11.9 Å². The fourth-order valence-corrected chi connectivity index (χ4v) is 2.95. The molecule has 2 N–H and O–H groups in total. The zero-order chi connectivity index (χ0) is 11.4. The van der Waals surface area contributed by atoms with Gasteiger partial charge in [-0.15, -0.1) is 0 Å². The third kappa shape index (κ3) is 4.01. The van der Waals surface area contributed by atoms with E-state index in [2.05, 4.69) is 37.2 Å². The maximum absolute atomic E-state index is 10.3. The lowest BCUT2D eigenvalue weighted by Gasteiger charge is -2.10. The summed E-state index contributed by atoms with van der Waals surface area (Å²) in [5, 5.41) is 12.1. The van der Waals surface area contributed by atoms with Crippen LogP contribution in [0.4, 0.5) is 5.69 Å². The molecule has 0 radical (unpaired) electrons. The van der Waals surface area contributed by atoms with Gasteiger partial charge in [0.1, 0.15) is 0 Å². The summed E-state index contributed by atoms with van der Waals surface area (Å²) in [5.41, 5.74) is 0.806. The van der Waals surface area contributed by atoms with Gasteiger partial charge in [-0.25, -0.2) is 0 Å². The highest BCUT2D eigenvalue weighted by Gasteiger charge is 2.06. The second-order valence-electron chi connectivity index (χ2n) is 2.81. The van der Waals surface area contributed by atoms with E-state index in [0.717, 1.165) is 14.6 Å². The van der Waals surface area contributed by atoms with Gasteiger partial charge in [-0.2, -0.15) is 0 Å². The van der Waals surface area contributed by atoms with Gasteiger partial charge in [0.05, 0.1) is 12.1 Å². The Balaban J connectivity index is 2.72. The Morgan fingerprint density at radius 1 is 1.40 bits per heavy atom. The molecule has 0 fully saturated rings. The van der Waals surface area contributed by atoms with Gasteiger partial charge in [-0.1, -0.05) is 11.6 Å². The van der Waals surface area contributed by atoms with E-state index in [0.29, 0.717) is 11.6 Å². The Kier molecular flexibility index (Phi) is 4.89. The summed E-state index contributed by atoms with van der Waals surface area (Å²) >= 11 is 12.5. The summed E-state index contributed by atoms with van der Waals surface area (Å²) in [5.74, 6) is -0.830. The molecule has 0 aliphatic heterocycles. The predicted octanol–water partition coefficient (Wildman–Crippen LogP) is 3.75. The molecule has 0 saturated carbocycles. The second-order valence-corrected chi connectivity index (χ2v) is 4.96. The van der Waals surface area contributed by atoms with Gasteiger partial charge >= 0.3 is 5.97 Å². The summed E-state index contributed by atoms with van der Waals surface area (Å²) in [7, 11) is 0. The zero-order valence-electron chi connectivity index (χ0n) is 7.56. The number of hydrogen-bond donors (Lipinski definition) is 2. The van der Waals surface area contributed by atoms with Crippen molar-refractivity contribution >= 4 is 55.1 Å². The Labute approximate surface area is 109 Å². The molecule has 0 heterocycles. The van der Waals surface area contributed by atoms with Crippen molar-refractivity contribution in [3.05, 3.63) is 26.1 Å². The average Bonchev–Trinajstić information content (AvgIpc) is 2.08. The number of carboxylic acid groups (broad SMARTS) is 1. The van der Waals surface area contributed by atoms with Crippen molar-refractivity contribution in [1.82, 2.24) is 0 Å². The molecule has 0 spiro atoms. The van der Waals surface area contributed by atoms with E-state index in [1.807, 2.05) is 0 Å². The Hall–Kier alpha value is -0.260. The van der Waals surface area contributed by atoms with E-state index in [9.17, 15) is 4.79 Å². The minimum Gasteiger partial charge on any atom is -0.481 e. The number of rotatable bonds is 4. The summed E-state index contributed by atoms with van der Waals surface area (Å²) in [6.07, 6.45) is 0.0709. The van der Waals surface area contributed by atoms with Crippen molar-refractivity contribution < 1.29 is 9.90 Å². The second kappa shape index (κ2) is 5.72. The number of halogens is 3. The van der Waals surface area contributed by atoms with Crippen LogP contribution in [0.5, 0.6) is 0 Å². The molecule has 6 heteroatoms. The molecule has 1 rings (SSSR count). The number of carbonyl (C=O) groups is 1. The van der Waals surface area contributed by atoms with Crippen LogP contribution in [0.2, 0.25) is 5.02 Å². The first-order valence-corrected chi connectivity index (χ1v) is 6.07. The highest BCUT2D eigenvalue weighted by Crippen LogP contribution is 2.34. The van der Waals surface area contributed by atoms with Gasteiger partial charge in [0, 0.05) is 20.5 Å². The largest absolute Gasteiger partial charge is 0.481 e. The van der Waals surface area contributed by atoms with Crippen molar-refractivity contribution in [2.45, 2.75) is 6.42 Å². The molecule has 0 amide bonds. The summed E-state index contributed by atoms with van der Waals surface area (Å²) in [6.45, 7) is 0.369.